The van der Waals surface area contributed by atoms with Crippen molar-refractivity contribution in [3.8, 4) is 11.5 Å². The van der Waals surface area contributed by atoms with Crippen LogP contribution in [-0.4, -0.2) is 43.4 Å². The first-order chi connectivity index (χ1) is 9.50. The molecule has 1 aliphatic rings. The molecule has 0 bridgehead atoms. The van der Waals surface area contributed by atoms with Gasteiger partial charge < -0.3 is 14.9 Å². The minimum atomic E-state index is -2.89. The second-order valence-corrected chi connectivity index (χ2v) is 7.54. The Morgan fingerprint density at radius 3 is 2.60 bits per heavy atom. The zero-order valence-corrected chi connectivity index (χ0v) is 12.1. The molecule has 0 radical (unpaired) electrons. The van der Waals surface area contributed by atoms with E-state index in [4.69, 9.17) is 4.74 Å². The minimum Gasteiger partial charge on any atom is -0.508 e. The van der Waals surface area contributed by atoms with Crippen molar-refractivity contribution in [1.29, 1.82) is 0 Å². The van der Waals surface area contributed by atoms with Crippen LogP contribution in [-0.2, 0) is 9.84 Å². The van der Waals surface area contributed by atoms with Gasteiger partial charge in [-0.3, -0.25) is 0 Å². The van der Waals surface area contributed by atoms with E-state index in [9.17, 15) is 18.6 Å². The molecule has 1 atom stereocenters. The van der Waals surface area contributed by atoms with E-state index in [0.717, 1.165) is 0 Å². The number of sulfone groups is 1. The first kappa shape index (κ1) is 15.1. The summed E-state index contributed by atoms with van der Waals surface area (Å²) in [5, 5.41) is 18.8. The average molecular weight is 300 g/mol. The fraction of sp³-hybridized carbons (Fsp3) is 0.571. The van der Waals surface area contributed by atoms with Crippen LogP contribution in [0.5, 0.6) is 11.5 Å². The highest BCUT2D eigenvalue weighted by molar-refractivity contribution is 7.91. The van der Waals surface area contributed by atoms with E-state index in [1.807, 2.05) is 0 Å². The average Bonchev–Trinajstić information content (AvgIpc) is 2.41. The zero-order valence-electron chi connectivity index (χ0n) is 11.2. The Labute approximate surface area is 119 Å². The van der Waals surface area contributed by atoms with E-state index in [1.54, 1.807) is 18.2 Å². The fourth-order valence-electron chi connectivity index (χ4n) is 2.49. The molecule has 6 heteroatoms. The summed E-state index contributed by atoms with van der Waals surface area (Å²) in [6.07, 6.45) is 1.16. The molecular formula is C14H20O5S. The van der Waals surface area contributed by atoms with Crippen molar-refractivity contribution in [2.45, 2.75) is 12.8 Å². The normalized spacial score (nSPS) is 20.4. The van der Waals surface area contributed by atoms with Crippen LogP contribution in [0.3, 0.4) is 0 Å². The number of aromatic hydroxyl groups is 1. The summed E-state index contributed by atoms with van der Waals surface area (Å²) in [5.74, 6) is 1.16. The van der Waals surface area contributed by atoms with Gasteiger partial charge in [-0.1, -0.05) is 6.07 Å². The fourth-order valence-corrected chi connectivity index (χ4v) is 4.02. The number of benzene rings is 1. The van der Waals surface area contributed by atoms with Gasteiger partial charge in [-0.15, -0.1) is 0 Å². The number of aliphatic hydroxyl groups excluding tert-OH is 1. The number of aliphatic hydroxyl groups is 1. The Morgan fingerprint density at radius 2 is 2.00 bits per heavy atom. The highest BCUT2D eigenvalue weighted by Crippen LogP contribution is 2.27. The lowest BCUT2D eigenvalue weighted by atomic mass is 9.88. The van der Waals surface area contributed by atoms with Crippen molar-refractivity contribution in [2.24, 2.45) is 11.8 Å². The van der Waals surface area contributed by atoms with Gasteiger partial charge in [0, 0.05) is 18.6 Å². The molecular weight excluding hydrogens is 280 g/mol. The van der Waals surface area contributed by atoms with Crippen LogP contribution in [0.2, 0.25) is 0 Å². The lowest BCUT2D eigenvalue weighted by Gasteiger charge is -2.28. The number of phenols is 1. The van der Waals surface area contributed by atoms with Gasteiger partial charge in [0.25, 0.3) is 0 Å². The van der Waals surface area contributed by atoms with Gasteiger partial charge in [0.15, 0.2) is 0 Å². The molecule has 1 aromatic rings. The third-order valence-electron chi connectivity index (χ3n) is 3.78. The Bertz CT molecular complexity index is 526. The molecule has 1 aromatic carbocycles. The number of hydrogen-bond donors (Lipinski definition) is 2. The Hall–Kier alpha value is -1.27. The highest BCUT2D eigenvalue weighted by atomic mass is 32.2. The van der Waals surface area contributed by atoms with Gasteiger partial charge in [-0.2, -0.15) is 0 Å². The second kappa shape index (κ2) is 6.45. The highest BCUT2D eigenvalue weighted by Gasteiger charge is 2.29. The SMILES string of the molecule is O=S1(=O)CCC(C(CO)COc2cccc(O)c2)CC1. The van der Waals surface area contributed by atoms with Crippen molar-refractivity contribution < 1.29 is 23.4 Å². The van der Waals surface area contributed by atoms with E-state index in [1.165, 1.54) is 6.07 Å². The smallest absolute Gasteiger partial charge is 0.150 e. The molecule has 20 heavy (non-hydrogen) atoms. The molecule has 1 saturated heterocycles. The maximum Gasteiger partial charge on any atom is 0.150 e. The van der Waals surface area contributed by atoms with Crippen LogP contribution in [0.15, 0.2) is 24.3 Å². The molecule has 0 aliphatic carbocycles. The molecule has 1 unspecified atom stereocenters. The van der Waals surface area contributed by atoms with Gasteiger partial charge in [0.05, 0.1) is 18.1 Å². The summed E-state index contributed by atoms with van der Waals surface area (Å²) < 4.78 is 28.4. The Kier molecular flexibility index (Phi) is 4.88. The van der Waals surface area contributed by atoms with E-state index in [2.05, 4.69) is 0 Å². The molecule has 5 nitrogen and oxygen atoms in total. The summed E-state index contributed by atoms with van der Waals surface area (Å²) in [5.41, 5.74) is 0. The minimum absolute atomic E-state index is 0.0243. The van der Waals surface area contributed by atoms with Crippen molar-refractivity contribution in [3.05, 3.63) is 24.3 Å². The third kappa shape index (κ3) is 4.11. The van der Waals surface area contributed by atoms with Crippen molar-refractivity contribution in [1.82, 2.24) is 0 Å². The Balaban J connectivity index is 1.90. The van der Waals surface area contributed by atoms with E-state index >= 15 is 0 Å². The number of hydrogen-bond acceptors (Lipinski definition) is 5. The van der Waals surface area contributed by atoms with Crippen molar-refractivity contribution in [3.63, 3.8) is 0 Å². The summed E-state index contributed by atoms with van der Waals surface area (Å²) in [6, 6.07) is 6.49. The standard InChI is InChI=1S/C14H20O5S/c15-9-12(11-4-6-20(17,18)7-5-11)10-19-14-3-1-2-13(16)8-14/h1-3,8,11-12,15-16H,4-7,9-10H2. The molecule has 2 N–H and O–H groups in total. The van der Waals surface area contributed by atoms with E-state index in [0.29, 0.717) is 25.2 Å². The van der Waals surface area contributed by atoms with Crippen LogP contribution < -0.4 is 4.74 Å². The molecule has 0 aromatic heterocycles. The van der Waals surface area contributed by atoms with Gasteiger partial charge in [-0.25, -0.2) is 8.42 Å². The summed E-state index contributed by atoms with van der Waals surface area (Å²) >= 11 is 0. The first-order valence-corrected chi connectivity index (χ1v) is 8.55. The molecule has 1 heterocycles. The lowest BCUT2D eigenvalue weighted by molar-refractivity contribution is 0.112. The molecule has 1 fully saturated rings. The van der Waals surface area contributed by atoms with Crippen molar-refractivity contribution in [2.75, 3.05) is 24.7 Å². The molecule has 0 saturated carbocycles. The van der Waals surface area contributed by atoms with Crippen molar-refractivity contribution >= 4 is 9.84 Å². The van der Waals surface area contributed by atoms with Crippen LogP contribution >= 0.6 is 0 Å². The number of rotatable bonds is 5. The number of ether oxygens (including phenoxy) is 1. The summed E-state index contributed by atoms with van der Waals surface area (Å²) in [7, 11) is -2.89. The summed E-state index contributed by atoms with van der Waals surface area (Å²) in [4.78, 5) is 0. The molecule has 2 rings (SSSR count). The lowest BCUT2D eigenvalue weighted by Crippen LogP contribution is -2.32. The molecule has 112 valence electrons. The maximum atomic E-state index is 11.4. The zero-order chi connectivity index (χ0) is 14.6. The van der Waals surface area contributed by atoms with Gasteiger partial charge in [0.2, 0.25) is 0 Å². The Morgan fingerprint density at radius 1 is 1.30 bits per heavy atom. The quantitative estimate of drug-likeness (QED) is 0.854. The van der Waals surface area contributed by atoms with Crippen LogP contribution in [0.1, 0.15) is 12.8 Å². The van der Waals surface area contributed by atoms with E-state index in [-0.39, 0.29) is 35.7 Å². The second-order valence-electron chi connectivity index (χ2n) is 5.24. The summed E-state index contributed by atoms with van der Waals surface area (Å²) in [6.45, 7) is 0.300. The van der Waals surface area contributed by atoms with Crippen LogP contribution in [0.25, 0.3) is 0 Å². The number of phenolic OH excluding ortho intramolecular Hbond substituents is 1. The van der Waals surface area contributed by atoms with Crippen LogP contribution in [0, 0.1) is 11.8 Å². The van der Waals surface area contributed by atoms with Gasteiger partial charge in [0.1, 0.15) is 21.3 Å². The van der Waals surface area contributed by atoms with Gasteiger partial charge >= 0.3 is 0 Å². The topological polar surface area (TPSA) is 83.8 Å². The van der Waals surface area contributed by atoms with Gasteiger partial charge in [-0.05, 0) is 30.9 Å². The third-order valence-corrected chi connectivity index (χ3v) is 5.50. The van der Waals surface area contributed by atoms with Crippen LogP contribution in [0.4, 0.5) is 0 Å². The largest absolute Gasteiger partial charge is 0.508 e. The maximum absolute atomic E-state index is 11.4. The molecule has 0 spiro atoms. The molecule has 1 aliphatic heterocycles. The first-order valence-electron chi connectivity index (χ1n) is 6.73. The van der Waals surface area contributed by atoms with E-state index < -0.39 is 9.84 Å². The predicted octanol–water partition coefficient (Wildman–Crippen LogP) is 1.20. The molecule has 0 amide bonds. The monoisotopic (exact) mass is 300 g/mol. The predicted molar refractivity (Wildman–Crippen MR) is 75.6 cm³/mol.